The molecule has 104 valence electrons. The minimum atomic E-state index is -1.09. The van der Waals surface area contributed by atoms with Gasteiger partial charge in [0.1, 0.15) is 6.10 Å². The first-order valence-electron chi connectivity index (χ1n) is 5.97. The zero-order valence-electron chi connectivity index (χ0n) is 11.2. The Hall–Kier alpha value is -1.14. The van der Waals surface area contributed by atoms with E-state index in [9.17, 15) is 14.7 Å². The maximum atomic E-state index is 11.9. The summed E-state index contributed by atoms with van der Waals surface area (Å²) in [4.78, 5) is 22.7. The Kier molecular flexibility index (Phi) is 4.02. The van der Waals surface area contributed by atoms with Crippen LogP contribution in [-0.4, -0.2) is 45.4 Å². The molecule has 1 fully saturated rings. The average Bonchev–Trinajstić information content (AvgIpc) is 2.63. The van der Waals surface area contributed by atoms with Gasteiger partial charge in [0.05, 0.1) is 11.1 Å². The lowest BCUT2D eigenvalue weighted by Gasteiger charge is -2.38. The molecule has 1 saturated heterocycles. The molecule has 0 aliphatic carbocycles. The van der Waals surface area contributed by atoms with Crippen molar-refractivity contribution in [1.29, 1.82) is 0 Å². The number of aliphatic hydroxyl groups is 1. The molecule has 0 spiro atoms. The summed E-state index contributed by atoms with van der Waals surface area (Å²) in [6, 6.07) is 0. The quantitative estimate of drug-likeness (QED) is 0.674. The molecule has 0 aromatic heterocycles. The number of hydrogen-bond donors (Lipinski definition) is 3. The summed E-state index contributed by atoms with van der Waals surface area (Å²) >= 11 is 0. The fourth-order valence-electron chi connectivity index (χ4n) is 1.55. The van der Waals surface area contributed by atoms with Crippen molar-refractivity contribution in [2.45, 2.75) is 63.9 Å². The first-order valence-corrected chi connectivity index (χ1v) is 5.97. The van der Waals surface area contributed by atoms with Gasteiger partial charge in [-0.2, -0.15) is 0 Å². The second-order valence-corrected chi connectivity index (χ2v) is 5.70. The van der Waals surface area contributed by atoms with Gasteiger partial charge in [0, 0.05) is 0 Å². The van der Waals surface area contributed by atoms with Gasteiger partial charge < -0.3 is 20.3 Å². The van der Waals surface area contributed by atoms with Gasteiger partial charge in [0.15, 0.2) is 6.10 Å². The number of carboxylic acids is 1. The van der Waals surface area contributed by atoms with Crippen molar-refractivity contribution in [3.8, 4) is 0 Å². The van der Waals surface area contributed by atoms with Crippen LogP contribution in [0.25, 0.3) is 0 Å². The van der Waals surface area contributed by atoms with Crippen LogP contribution in [0.4, 0.5) is 0 Å². The molecule has 0 aromatic rings. The van der Waals surface area contributed by atoms with E-state index in [0.717, 1.165) is 0 Å². The lowest BCUT2D eigenvalue weighted by molar-refractivity contribution is -0.152. The molecule has 0 aromatic carbocycles. The predicted molar refractivity (Wildman–Crippen MR) is 64.1 cm³/mol. The highest BCUT2D eigenvalue weighted by atomic mass is 16.5. The molecule has 2 unspecified atom stereocenters. The number of rotatable bonds is 4. The van der Waals surface area contributed by atoms with Crippen LogP contribution in [0.1, 0.15) is 40.5 Å². The van der Waals surface area contributed by atoms with Gasteiger partial charge in [0.2, 0.25) is 5.91 Å². The molecule has 3 N–H and O–H groups in total. The SMILES string of the molecule is CC(C)(O)C(C)(C)NC(=O)C1CCC(C(=O)O)O1. The number of amides is 1. The average molecular weight is 259 g/mol. The maximum Gasteiger partial charge on any atom is 0.332 e. The first-order chi connectivity index (χ1) is 8.04. The van der Waals surface area contributed by atoms with E-state index in [4.69, 9.17) is 9.84 Å². The maximum absolute atomic E-state index is 11.9. The van der Waals surface area contributed by atoms with Gasteiger partial charge in [0.25, 0.3) is 0 Å². The highest BCUT2D eigenvalue weighted by Crippen LogP contribution is 2.24. The standard InChI is InChI=1S/C12H21NO5/c1-11(2,12(3,4)17)13-9(14)7-5-6-8(18-7)10(15)16/h7-8,17H,5-6H2,1-4H3,(H,13,14)(H,15,16). The van der Waals surface area contributed by atoms with E-state index in [0.29, 0.717) is 12.8 Å². The van der Waals surface area contributed by atoms with Crippen molar-refractivity contribution in [3.63, 3.8) is 0 Å². The van der Waals surface area contributed by atoms with Crippen LogP contribution in [0.15, 0.2) is 0 Å². The fraction of sp³-hybridized carbons (Fsp3) is 0.833. The lowest BCUT2D eigenvalue weighted by Crippen LogP contribution is -2.59. The van der Waals surface area contributed by atoms with Crippen LogP contribution in [0.2, 0.25) is 0 Å². The smallest absolute Gasteiger partial charge is 0.332 e. The Morgan fingerprint density at radius 2 is 1.67 bits per heavy atom. The van der Waals surface area contributed by atoms with Gasteiger partial charge in [-0.15, -0.1) is 0 Å². The molecule has 1 aliphatic heterocycles. The van der Waals surface area contributed by atoms with Gasteiger partial charge in [-0.25, -0.2) is 4.79 Å². The lowest BCUT2D eigenvalue weighted by atomic mass is 9.86. The van der Waals surface area contributed by atoms with E-state index in [1.807, 2.05) is 0 Å². The van der Waals surface area contributed by atoms with Gasteiger partial charge in [-0.1, -0.05) is 0 Å². The van der Waals surface area contributed by atoms with Crippen molar-refractivity contribution < 1.29 is 24.5 Å². The number of ether oxygens (including phenoxy) is 1. The van der Waals surface area contributed by atoms with E-state index in [1.54, 1.807) is 27.7 Å². The number of carbonyl (C=O) groups is 2. The Bertz CT molecular complexity index is 345. The molecule has 0 radical (unpaired) electrons. The third-order valence-corrected chi connectivity index (χ3v) is 3.55. The molecular formula is C12H21NO5. The summed E-state index contributed by atoms with van der Waals surface area (Å²) < 4.78 is 5.15. The molecule has 6 nitrogen and oxygen atoms in total. The number of hydrogen-bond acceptors (Lipinski definition) is 4. The minimum absolute atomic E-state index is 0.330. The van der Waals surface area contributed by atoms with Crippen molar-refractivity contribution in [2.75, 3.05) is 0 Å². The minimum Gasteiger partial charge on any atom is -0.479 e. The fourth-order valence-corrected chi connectivity index (χ4v) is 1.55. The van der Waals surface area contributed by atoms with E-state index in [1.165, 1.54) is 0 Å². The van der Waals surface area contributed by atoms with Crippen LogP contribution in [0.5, 0.6) is 0 Å². The Morgan fingerprint density at radius 3 is 2.06 bits per heavy atom. The van der Waals surface area contributed by atoms with Crippen molar-refractivity contribution >= 4 is 11.9 Å². The topological polar surface area (TPSA) is 95.9 Å². The molecule has 0 saturated carbocycles. The summed E-state index contributed by atoms with van der Waals surface area (Å²) in [5, 5.41) is 21.4. The number of aliphatic carboxylic acids is 1. The zero-order chi connectivity index (χ0) is 14.1. The normalized spacial score (nSPS) is 24.9. The summed E-state index contributed by atoms with van der Waals surface area (Å²) in [7, 11) is 0. The van der Waals surface area contributed by atoms with Gasteiger partial charge >= 0.3 is 5.97 Å². The molecule has 1 aliphatic rings. The first kappa shape index (κ1) is 14.9. The summed E-state index contributed by atoms with van der Waals surface area (Å²) in [5.74, 6) is -1.43. The Morgan fingerprint density at radius 1 is 1.17 bits per heavy atom. The van der Waals surface area contributed by atoms with Crippen LogP contribution < -0.4 is 5.32 Å². The van der Waals surface area contributed by atoms with E-state index in [-0.39, 0.29) is 5.91 Å². The number of nitrogens with one attached hydrogen (secondary N) is 1. The Labute approximate surface area is 106 Å². The van der Waals surface area contributed by atoms with Crippen LogP contribution >= 0.6 is 0 Å². The molecule has 1 heterocycles. The molecule has 6 heteroatoms. The zero-order valence-corrected chi connectivity index (χ0v) is 11.2. The summed E-state index contributed by atoms with van der Waals surface area (Å²) in [6.07, 6.45) is -0.958. The Balaban J connectivity index is 2.60. The molecule has 18 heavy (non-hydrogen) atoms. The number of carboxylic acid groups (broad SMARTS) is 1. The van der Waals surface area contributed by atoms with Crippen LogP contribution in [0.3, 0.4) is 0 Å². The van der Waals surface area contributed by atoms with Crippen LogP contribution in [-0.2, 0) is 14.3 Å². The highest BCUT2D eigenvalue weighted by Gasteiger charge is 2.40. The molecule has 1 amide bonds. The predicted octanol–water partition coefficient (Wildman–Crippen LogP) is 0.284. The van der Waals surface area contributed by atoms with Crippen LogP contribution in [0, 0.1) is 0 Å². The molecule has 1 rings (SSSR count). The van der Waals surface area contributed by atoms with Crippen molar-refractivity contribution in [3.05, 3.63) is 0 Å². The monoisotopic (exact) mass is 259 g/mol. The van der Waals surface area contributed by atoms with Gasteiger partial charge in [-0.3, -0.25) is 4.79 Å². The third-order valence-electron chi connectivity index (χ3n) is 3.55. The summed E-state index contributed by atoms with van der Waals surface area (Å²) in [5.41, 5.74) is -1.91. The third kappa shape index (κ3) is 3.20. The number of carbonyl (C=O) groups excluding carboxylic acids is 1. The molecule has 0 bridgehead atoms. The van der Waals surface area contributed by atoms with E-state index >= 15 is 0 Å². The summed E-state index contributed by atoms with van der Waals surface area (Å²) in [6.45, 7) is 6.61. The highest BCUT2D eigenvalue weighted by molar-refractivity contribution is 5.83. The second-order valence-electron chi connectivity index (χ2n) is 5.70. The van der Waals surface area contributed by atoms with E-state index in [2.05, 4.69) is 5.32 Å². The molecular weight excluding hydrogens is 238 g/mol. The van der Waals surface area contributed by atoms with Gasteiger partial charge in [-0.05, 0) is 40.5 Å². The second kappa shape index (κ2) is 4.85. The largest absolute Gasteiger partial charge is 0.479 e. The van der Waals surface area contributed by atoms with Crippen molar-refractivity contribution in [1.82, 2.24) is 5.32 Å². The molecule has 2 atom stereocenters. The van der Waals surface area contributed by atoms with Crippen molar-refractivity contribution in [2.24, 2.45) is 0 Å². The van der Waals surface area contributed by atoms with E-state index < -0.39 is 29.3 Å².